The van der Waals surface area contributed by atoms with Crippen LogP contribution in [0.1, 0.15) is 11.1 Å². The zero-order valence-electron chi connectivity index (χ0n) is 10.6. The third kappa shape index (κ3) is 2.41. The minimum absolute atomic E-state index is 0.575. The van der Waals surface area contributed by atoms with Crippen LogP contribution in [-0.4, -0.2) is 12.7 Å². The van der Waals surface area contributed by atoms with Crippen molar-refractivity contribution in [1.29, 1.82) is 0 Å². The van der Waals surface area contributed by atoms with Crippen LogP contribution in [0.25, 0.3) is 12.2 Å². The van der Waals surface area contributed by atoms with E-state index in [9.17, 15) is 13.2 Å². The first-order chi connectivity index (χ1) is 9.54. The predicted octanol–water partition coefficient (Wildman–Crippen LogP) is 4.87. The predicted molar refractivity (Wildman–Crippen MR) is 74.9 cm³/mol. The number of anilines is 2. The van der Waals surface area contributed by atoms with Crippen molar-refractivity contribution in [2.45, 2.75) is 6.18 Å². The summed E-state index contributed by atoms with van der Waals surface area (Å²) in [4.78, 5) is 1.32. The molecule has 0 unspecified atom stereocenters. The number of nitrogens with zero attached hydrogens (tertiary/aromatic N) is 1. The molecule has 0 saturated carbocycles. The Morgan fingerprint density at radius 1 is 0.750 bits per heavy atom. The highest BCUT2D eigenvalue weighted by Gasteiger charge is 2.33. The van der Waals surface area contributed by atoms with Gasteiger partial charge < -0.3 is 4.90 Å². The molecule has 0 amide bonds. The topological polar surface area (TPSA) is 3.24 Å². The number of rotatable bonds is 1. The van der Waals surface area contributed by atoms with E-state index in [4.69, 9.17) is 0 Å². The summed E-state index contributed by atoms with van der Waals surface area (Å²) >= 11 is 0. The van der Waals surface area contributed by atoms with E-state index in [1.165, 1.54) is 4.90 Å². The van der Waals surface area contributed by atoms with E-state index >= 15 is 0 Å². The summed E-state index contributed by atoms with van der Waals surface area (Å²) in [6.07, 6.45) is -0.556. The lowest BCUT2D eigenvalue weighted by Gasteiger charge is -2.27. The minimum Gasteiger partial charge on any atom is -0.331 e. The summed E-state index contributed by atoms with van der Waals surface area (Å²) in [6.45, 7) is -0.997. The maximum atomic E-state index is 12.9. The van der Waals surface area contributed by atoms with Gasteiger partial charge in [-0.1, -0.05) is 48.6 Å². The van der Waals surface area contributed by atoms with Crippen molar-refractivity contribution >= 4 is 23.5 Å². The van der Waals surface area contributed by atoms with Crippen molar-refractivity contribution in [3.63, 3.8) is 0 Å². The van der Waals surface area contributed by atoms with Gasteiger partial charge in [-0.15, -0.1) is 0 Å². The molecule has 0 radical (unpaired) electrons. The van der Waals surface area contributed by atoms with Gasteiger partial charge >= 0.3 is 6.18 Å². The molecule has 2 aromatic carbocycles. The van der Waals surface area contributed by atoms with Gasteiger partial charge in [0, 0.05) is 11.4 Å². The SMILES string of the molecule is FC(F)(F)CN1c2ccccc2C=Cc2ccccc21. The van der Waals surface area contributed by atoms with Crippen molar-refractivity contribution in [3.05, 3.63) is 59.7 Å². The van der Waals surface area contributed by atoms with Gasteiger partial charge in [0.2, 0.25) is 0 Å². The zero-order valence-corrected chi connectivity index (χ0v) is 10.6. The number of hydrogen-bond donors (Lipinski definition) is 0. The van der Waals surface area contributed by atoms with E-state index in [0.717, 1.165) is 11.1 Å². The third-order valence-electron chi connectivity index (χ3n) is 3.23. The lowest BCUT2D eigenvalue weighted by Crippen LogP contribution is -2.31. The average molecular weight is 275 g/mol. The Morgan fingerprint density at radius 2 is 1.20 bits per heavy atom. The van der Waals surface area contributed by atoms with Crippen molar-refractivity contribution in [2.24, 2.45) is 0 Å². The molecule has 0 spiro atoms. The number of fused-ring (bicyclic) bond motifs is 2. The van der Waals surface area contributed by atoms with Crippen molar-refractivity contribution < 1.29 is 13.2 Å². The summed E-state index contributed by atoms with van der Waals surface area (Å²) in [7, 11) is 0. The van der Waals surface area contributed by atoms with Crippen LogP contribution in [0.4, 0.5) is 24.5 Å². The molecule has 102 valence electrons. The van der Waals surface area contributed by atoms with Gasteiger partial charge in [0.15, 0.2) is 0 Å². The Kier molecular flexibility index (Phi) is 3.01. The van der Waals surface area contributed by atoms with Gasteiger partial charge in [-0.3, -0.25) is 0 Å². The Balaban J connectivity index is 2.18. The van der Waals surface area contributed by atoms with E-state index in [1.807, 2.05) is 36.4 Å². The van der Waals surface area contributed by atoms with Crippen LogP contribution >= 0.6 is 0 Å². The van der Waals surface area contributed by atoms with Crippen LogP contribution in [0.5, 0.6) is 0 Å². The molecular formula is C16H12F3N. The Hall–Kier alpha value is -2.23. The largest absolute Gasteiger partial charge is 0.406 e. The Morgan fingerprint density at radius 3 is 1.65 bits per heavy atom. The first-order valence-corrected chi connectivity index (χ1v) is 6.25. The normalized spacial score (nSPS) is 13.7. The molecule has 20 heavy (non-hydrogen) atoms. The van der Waals surface area contributed by atoms with E-state index in [0.29, 0.717) is 11.4 Å². The molecule has 1 nitrogen and oxygen atoms in total. The van der Waals surface area contributed by atoms with Gasteiger partial charge in [-0.05, 0) is 23.3 Å². The third-order valence-corrected chi connectivity index (χ3v) is 3.23. The Labute approximate surface area is 115 Å². The van der Waals surface area contributed by atoms with E-state index < -0.39 is 12.7 Å². The molecule has 3 rings (SSSR count). The molecule has 0 aliphatic carbocycles. The van der Waals surface area contributed by atoms with E-state index in [-0.39, 0.29) is 0 Å². The first kappa shape index (κ1) is 12.8. The summed E-state index contributed by atoms with van der Waals surface area (Å²) < 4.78 is 38.7. The molecule has 4 heteroatoms. The summed E-state index contributed by atoms with van der Waals surface area (Å²) in [6, 6.07) is 14.2. The fourth-order valence-corrected chi connectivity index (χ4v) is 2.41. The molecule has 0 bridgehead atoms. The molecule has 1 aliphatic rings. The fraction of sp³-hybridized carbons (Fsp3) is 0.125. The molecule has 0 aromatic heterocycles. The second-order valence-corrected chi connectivity index (χ2v) is 4.65. The standard InChI is InChI=1S/C16H12F3N/c17-16(18,19)11-20-14-7-3-1-5-12(14)9-10-13-6-2-4-8-15(13)20/h1-10H,11H2. The van der Waals surface area contributed by atoms with Gasteiger partial charge in [-0.25, -0.2) is 0 Å². The van der Waals surface area contributed by atoms with Crippen LogP contribution < -0.4 is 4.90 Å². The van der Waals surface area contributed by atoms with Crippen LogP contribution in [0.15, 0.2) is 48.5 Å². The van der Waals surface area contributed by atoms with Gasteiger partial charge in [0.25, 0.3) is 0 Å². The highest BCUT2D eigenvalue weighted by molar-refractivity contribution is 5.88. The molecule has 0 fully saturated rings. The average Bonchev–Trinajstić information content (AvgIpc) is 2.56. The van der Waals surface area contributed by atoms with Gasteiger partial charge in [-0.2, -0.15) is 13.2 Å². The van der Waals surface area contributed by atoms with Crippen LogP contribution in [0.2, 0.25) is 0 Å². The van der Waals surface area contributed by atoms with Crippen LogP contribution in [-0.2, 0) is 0 Å². The van der Waals surface area contributed by atoms with Gasteiger partial charge in [0.1, 0.15) is 6.54 Å². The van der Waals surface area contributed by atoms with Crippen molar-refractivity contribution in [1.82, 2.24) is 0 Å². The molecule has 0 N–H and O–H groups in total. The van der Waals surface area contributed by atoms with Crippen molar-refractivity contribution in [2.75, 3.05) is 11.4 Å². The highest BCUT2D eigenvalue weighted by atomic mass is 19.4. The monoisotopic (exact) mass is 275 g/mol. The number of alkyl halides is 3. The highest BCUT2D eigenvalue weighted by Crippen LogP contribution is 2.37. The van der Waals surface area contributed by atoms with Gasteiger partial charge in [0.05, 0.1) is 0 Å². The molecule has 0 saturated heterocycles. The molecule has 2 aromatic rings. The number of hydrogen-bond acceptors (Lipinski definition) is 1. The molecule has 0 atom stereocenters. The fourth-order valence-electron chi connectivity index (χ4n) is 2.41. The zero-order chi connectivity index (χ0) is 14.2. The lowest BCUT2D eigenvalue weighted by atomic mass is 10.1. The second-order valence-electron chi connectivity index (χ2n) is 4.65. The first-order valence-electron chi connectivity index (χ1n) is 6.25. The molecular weight excluding hydrogens is 263 g/mol. The maximum Gasteiger partial charge on any atom is 0.406 e. The maximum absolute atomic E-state index is 12.9. The quantitative estimate of drug-likeness (QED) is 0.717. The summed E-state index contributed by atoms with van der Waals surface area (Å²) in [5, 5.41) is 0. The number of benzene rings is 2. The molecule has 1 aliphatic heterocycles. The smallest absolute Gasteiger partial charge is 0.331 e. The lowest BCUT2D eigenvalue weighted by molar-refractivity contribution is -0.118. The summed E-state index contributed by atoms with van der Waals surface area (Å²) in [5.74, 6) is 0. The Bertz CT molecular complexity index is 609. The number of halogens is 3. The van der Waals surface area contributed by atoms with E-state index in [2.05, 4.69) is 0 Å². The van der Waals surface area contributed by atoms with Crippen LogP contribution in [0.3, 0.4) is 0 Å². The van der Waals surface area contributed by atoms with Crippen LogP contribution in [0, 0.1) is 0 Å². The minimum atomic E-state index is -4.26. The number of para-hydroxylation sites is 2. The van der Waals surface area contributed by atoms with E-state index in [1.54, 1.807) is 24.3 Å². The second kappa shape index (κ2) is 4.71. The van der Waals surface area contributed by atoms with Crippen molar-refractivity contribution in [3.8, 4) is 0 Å². The molecule has 1 heterocycles. The summed E-state index contributed by atoms with van der Waals surface area (Å²) in [5.41, 5.74) is 2.72.